The smallest absolute Gasteiger partial charge is 0.254 e. The summed E-state index contributed by atoms with van der Waals surface area (Å²) in [6.07, 6.45) is 6.07. The number of hydrogen-bond acceptors (Lipinski definition) is 2. The molecule has 1 atom stereocenters. The molecule has 2 heterocycles. The van der Waals surface area contributed by atoms with Gasteiger partial charge in [0.15, 0.2) is 0 Å². The molecular weight excluding hydrogens is 302 g/mol. The van der Waals surface area contributed by atoms with Gasteiger partial charge in [-0.05, 0) is 49.8 Å². The molecule has 2 N–H and O–H groups in total. The van der Waals surface area contributed by atoms with Crippen LogP contribution < -0.4 is 5.32 Å². The van der Waals surface area contributed by atoms with Gasteiger partial charge in [-0.25, -0.2) is 0 Å². The second kappa shape index (κ2) is 6.30. The third kappa shape index (κ3) is 3.03. The molecule has 0 spiro atoms. The Labute approximate surface area is 141 Å². The summed E-state index contributed by atoms with van der Waals surface area (Å²) < 4.78 is 0. The van der Waals surface area contributed by atoms with Crippen LogP contribution >= 0.6 is 0 Å². The van der Waals surface area contributed by atoms with Crippen LogP contribution in [0, 0.1) is 11.8 Å². The fourth-order valence-electron chi connectivity index (χ4n) is 3.53. The van der Waals surface area contributed by atoms with Gasteiger partial charge in [-0.3, -0.25) is 9.59 Å². The minimum Gasteiger partial charge on any atom is -0.361 e. The van der Waals surface area contributed by atoms with E-state index in [4.69, 9.17) is 0 Å². The Kier molecular flexibility index (Phi) is 4.00. The van der Waals surface area contributed by atoms with E-state index in [2.05, 4.69) is 10.3 Å². The molecule has 2 amide bonds. The van der Waals surface area contributed by atoms with E-state index in [1.54, 1.807) is 0 Å². The highest BCUT2D eigenvalue weighted by molar-refractivity contribution is 6.06. The van der Waals surface area contributed by atoms with E-state index in [1.807, 2.05) is 35.4 Å². The van der Waals surface area contributed by atoms with Gasteiger partial charge in [-0.2, -0.15) is 0 Å². The van der Waals surface area contributed by atoms with E-state index < -0.39 is 0 Å². The Morgan fingerprint density at radius 2 is 2.08 bits per heavy atom. The third-order valence-electron chi connectivity index (χ3n) is 5.17. The molecule has 0 bridgehead atoms. The van der Waals surface area contributed by atoms with Gasteiger partial charge in [0.1, 0.15) is 0 Å². The molecule has 1 aromatic heterocycles. The molecule has 1 saturated carbocycles. The number of carbonyl (C=O) groups is 2. The number of piperidine rings is 1. The minimum atomic E-state index is -0.0770. The van der Waals surface area contributed by atoms with Crippen LogP contribution in [-0.4, -0.2) is 41.3 Å². The molecule has 2 aromatic rings. The minimum absolute atomic E-state index is 0.0277. The SMILES string of the molecule is O=C(NCC1CC1)[C@@H]1CCCN(C(=O)c2cccc3[nH]ccc23)C1. The number of aromatic nitrogens is 1. The van der Waals surface area contributed by atoms with Gasteiger partial charge in [0, 0.05) is 42.3 Å². The van der Waals surface area contributed by atoms with E-state index in [-0.39, 0.29) is 17.7 Å². The number of aromatic amines is 1. The van der Waals surface area contributed by atoms with Crippen molar-refractivity contribution < 1.29 is 9.59 Å². The summed E-state index contributed by atoms with van der Waals surface area (Å²) in [5.74, 6) is 0.743. The molecule has 0 unspecified atom stereocenters. The average Bonchev–Trinajstić information content (AvgIpc) is 3.33. The first-order valence-corrected chi connectivity index (χ1v) is 8.85. The Morgan fingerprint density at radius 1 is 1.21 bits per heavy atom. The molecule has 5 nitrogen and oxygen atoms in total. The van der Waals surface area contributed by atoms with E-state index in [0.717, 1.165) is 36.8 Å². The van der Waals surface area contributed by atoms with Crippen molar-refractivity contribution in [3.8, 4) is 0 Å². The molecule has 2 aliphatic rings. The summed E-state index contributed by atoms with van der Waals surface area (Å²) in [7, 11) is 0. The second-order valence-corrected chi connectivity index (χ2v) is 7.02. The predicted molar refractivity (Wildman–Crippen MR) is 92.7 cm³/mol. The maximum absolute atomic E-state index is 12.9. The predicted octanol–water partition coefficient (Wildman–Crippen LogP) is 2.55. The number of H-pyrrole nitrogens is 1. The number of carbonyl (C=O) groups excluding carboxylic acids is 2. The number of nitrogens with one attached hydrogen (secondary N) is 2. The number of rotatable bonds is 4. The Morgan fingerprint density at radius 3 is 2.92 bits per heavy atom. The van der Waals surface area contributed by atoms with E-state index in [0.29, 0.717) is 18.0 Å². The Hall–Kier alpha value is -2.30. The van der Waals surface area contributed by atoms with Crippen LogP contribution in [0.2, 0.25) is 0 Å². The monoisotopic (exact) mass is 325 g/mol. The molecule has 1 aliphatic carbocycles. The van der Waals surface area contributed by atoms with Crippen LogP contribution in [0.4, 0.5) is 0 Å². The largest absolute Gasteiger partial charge is 0.361 e. The van der Waals surface area contributed by atoms with Crippen LogP contribution in [0.15, 0.2) is 30.5 Å². The number of benzene rings is 1. The maximum Gasteiger partial charge on any atom is 0.254 e. The summed E-state index contributed by atoms with van der Waals surface area (Å²) in [5.41, 5.74) is 1.68. The van der Waals surface area contributed by atoms with Crippen molar-refractivity contribution in [1.29, 1.82) is 0 Å². The number of amides is 2. The molecular formula is C19H23N3O2. The molecule has 126 valence electrons. The van der Waals surface area contributed by atoms with Crippen molar-refractivity contribution in [3.05, 3.63) is 36.0 Å². The summed E-state index contributed by atoms with van der Waals surface area (Å²) in [5, 5.41) is 4.00. The zero-order valence-corrected chi connectivity index (χ0v) is 13.8. The Balaban J connectivity index is 1.46. The van der Waals surface area contributed by atoms with Crippen molar-refractivity contribution in [3.63, 3.8) is 0 Å². The summed E-state index contributed by atoms with van der Waals surface area (Å²) in [6, 6.07) is 7.67. The topological polar surface area (TPSA) is 65.2 Å². The quantitative estimate of drug-likeness (QED) is 0.907. The van der Waals surface area contributed by atoms with Gasteiger partial charge in [0.2, 0.25) is 5.91 Å². The first kappa shape index (κ1) is 15.2. The zero-order chi connectivity index (χ0) is 16.5. The molecule has 1 aliphatic heterocycles. The fourth-order valence-corrected chi connectivity index (χ4v) is 3.53. The van der Waals surface area contributed by atoms with Crippen LogP contribution in [-0.2, 0) is 4.79 Å². The van der Waals surface area contributed by atoms with Crippen molar-refractivity contribution in [2.24, 2.45) is 11.8 Å². The van der Waals surface area contributed by atoms with E-state index in [9.17, 15) is 9.59 Å². The lowest BCUT2D eigenvalue weighted by atomic mass is 9.96. The standard InChI is InChI=1S/C19H23N3O2/c23-18(21-11-13-6-7-13)14-3-2-10-22(12-14)19(24)16-4-1-5-17-15(16)8-9-20-17/h1,4-5,8-9,13-14,20H,2-3,6-7,10-12H2,(H,21,23)/t14-/m1/s1. The van der Waals surface area contributed by atoms with Crippen LogP contribution in [0.25, 0.3) is 10.9 Å². The third-order valence-corrected chi connectivity index (χ3v) is 5.17. The fraction of sp³-hybridized carbons (Fsp3) is 0.474. The van der Waals surface area contributed by atoms with Crippen molar-refractivity contribution in [2.45, 2.75) is 25.7 Å². The second-order valence-electron chi connectivity index (χ2n) is 7.02. The number of nitrogens with zero attached hydrogens (tertiary/aromatic N) is 1. The molecule has 5 heteroatoms. The molecule has 4 rings (SSSR count). The van der Waals surface area contributed by atoms with Gasteiger partial charge in [0.25, 0.3) is 5.91 Å². The average molecular weight is 325 g/mol. The highest BCUT2D eigenvalue weighted by Crippen LogP contribution is 2.28. The molecule has 1 saturated heterocycles. The highest BCUT2D eigenvalue weighted by Gasteiger charge is 2.30. The molecule has 24 heavy (non-hydrogen) atoms. The molecule has 0 radical (unpaired) electrons. The lowest BCUT2D eigenvalue weighted by molar-refractivity contribution is -0.126. The number of hydrogen-bond donors (Lipinski definition) is 2. The van der Waals surface area contributed by atoms with Crippen molar-refractivity contribution in [2.75, 3.05) is 19.6 Å². The first-order chi connectivity index (χ1) is 11.7. The van der Waals surface area contributed by atoms with Gasteiger partial charge in [0.05, 0.1) is 5.92 Å². The normalized spacial score (nSPS) is 21.0. The van der Waals surface area contributed by atoms with Crippen LogP contribution in [0.5, 0.6) is 0 Å². The van der Waals surface area contributed by atoms with Gasteiger partial charge in [-0.15, -0.1) is 0 Å². The first-order valence-electron chi connectivity index (χ1n) is 8.85. The Bertz CT molecular complexity index is 763. The van der Waals surface area contributed by atoms with Gasteiger partial charge in [-0.1, -0.05) is 6.07 Å². The van der Waals surface area contributed by atoms with Crippen LogP contribution in [0.3, 0.4) is 0 Å². The van der Waals surface area contributed by atoms with Gasteiger partial charge >= 0.3 is 0 Å². The van der Waals surface area contributed by atoms with Crippen molar-refractivity contribution in [1.82, 2.24) is 15.2 Å². The summed E-state index contributed by atoms with van der Waals surface area (Å²) in [6.45, 7) is 2.05. The van der Waals surface area contributed by atoms with Crippen molar-refractivity contribution >= 4 is 22.7 Å². The maximum atomic E-state index is 12.9. The highest BCUT2D eigenvalue weighted by atomic mass is 16.2. The molecule has 1 aromatic carbocycles. The number of fused-ring (bicyclic) bond motifs is 1. The van der Waals surface area contributed by atoms with E-state index >= 15 is 0 Å². The lowest BCUT2D eigenvalue weighted by Gasteiger charge is -2.32. The van der Waals surface area contributed by atoms with Crippen LogP contribution in [0.1, 0.15) is 36.0 Å². The van der Waals surface area contributed by atoms with E-state index in [1.165, 1.54) is 12.8 Å². The summed E-state index contributed by atoms with van der Waals surface area (Å²) >= 11 is 0. The molecule has 2 fully saturated rings. The zero-order valence-electron chi connectivity index (χ0n) is 13.8. The van der Waals surface area contributed by atoms with Gasteiger partial charge < -0.3 is 15.2 Å². The number of likely N-dealkylation sites (tertiary alicyclic amines) is 1. The summed E-state index contributed by atoms with van der Waals surface area (Å²) in [4.78, 5) is 30.3. The lowest BCUT2D eigenvalue weighted by Crippen LogP contribution is -2.45.